The summed E-state index contributed by atoms with van der Waals surface area (Å²) in [5, 5.41) is 10.3. The van der Waals surface area contributed by atoms with Crippen LogP contribution in [-0.4, -0.2) is 18.3 Å². The molecule has 2 unspecified atom stereocenters. The summed E-state index contributed by atoms with van der Waals surface area (Å²) >= 11 is 0. The van der Waals surface area contributed by atoms with Crippen molar-refractivity contribution in [3.63, 3.8) is 0 Å². The largest absolute Gasteiger partial charge is 0.388 e. The van der Waals surface area contributed by atoms with Crippen LogP contribution in [0.2, 0.25) is 0 Å². The zero-order valence-electron chi connectivity index (χ0n) is 10.6. The van der Waals surface area contributed by atoms with Crippen molar-refractivity contribution in [3.05, 3.63) is 35.4 Å². The van der Waals surface area contributed by atoms with Crippen molar-refractivity contribution in [2.45, 2.75) is 38.7 Å². The number of aliphatic hydroxyl groups excluding tert-OH is 1. The van der Waals surface area contributed by atoms with E-state index in [-0.39, 0.29) is 12.0 Å². The van der Waals surface area contributed by atoms with Crippen molar-refractivity contribution in [3.8, 4) is 0 Å². The smallest absolute Gasteiger partial charge is 0.0840 e. The van der Waals surface area contributed by atoms with Crippen LogP contribution in [0.4, 0.5) is 0 Å². The Balaban J connectivity index is 2.00. The molecule has 0 amide bonds. The lowest BCUT2D eigenvalue weighted by atomic mass is 9.90. The van der Waals surface area contributed by atoms with Gasteiger partial charge < -0.3 is 9.84 Å². The van der Waals surface area contributed by atoms with E-state index in [9.17, 15) is 5.11 Å². The maximum absolute atomic E-state index is 10.3. The zero-order valence-corrected chi connectivity index (χ0v) is 10.6. The Morgan fingerprint density at radius 2 is 2.12 bits per heavy atom. The fraction of sp³-hybridized carbons (Fsp3) is 0.600. The predicted molar refractivity (Wildman–Crippen MR) is 68.9 cm³/mol. The maximum Gasteiger partial charge on any atom is 0.0840 e. The molecule has 2 atom stereocenters. The van der Waals surface area contributed by atoms with E-state index in [1.54, 1.807) is 0 Å². The summed E-state index contributed by atoms with van der Waals surface area (Å²) in [5.41, 5.74) is 2.38. The van der Waals surface area contributed by atoms with Gasteiger partial charge in [-0.1, -0.05) is 37.6 Å². The molecule has 2 rings (SSSR count). The lowest BCUT2D eigenvalue weighted by Gasteiger charge is -2.27. The topological polar surface area (TPSA) is 29.5 Å². The van der Waals surface area contributed by atoms with Gasteiger partial charge in [-0.15, -0.1) is 0 Å². The third-order valence-electron chi connectivity index (χ3n) is 3.50. The molecule has 0 bridgehead atoms. The van der Waals surface area contributed by atoms with Crippen molar-refractivity contribution in [1.29, 1.82) is 0 Å². The molecule has 1 aliphatic heterocycles. The minimum Gasteiger partial charge on any atom is -0.388 e. The third-order valence-corrected chi connectivity index (χ3v) is 3.50. The van der Waals surface area contributed by atoms with E-state index in [2.05, 4.69) is 31.2 Å². The molecule has 0 aromatic heterocycles. The van der Waals surface area contributed by atoms with Gasteiger partial charge in [-0.05, 0) is 30.4 Å². The average molecular weight is 234 g/mol. The van der Waals surface area contributed by atoms with Crippen LogP contribution in [0.25, 0.3) is 0 Å². The van der Waals surface area contributed by atoms with E-state index in [0.717, 1.165) is 31.4 Å². The number of hydrogen-bond donors (Lipinski definition) is 1. The molecule has 1 N–H and O–H groups in total. The standard InChI is InChI=1S/C15H22O2/c1-2-4-12-6-8-13(9-7-12)15(16)14-5-3-10-17-11-14/h6-9,14-16H,2-5,10-11H2,1H3. The maximum atomic E-state index is 10.3. The summed E-state index contributed by atoms with van der Waals surface area (Å²) in [6, 6.07) is 8.38. The number of aliphatic hydroxyl groups is 1. The first-order valence-electron chi connectivity index (χ1n) is 6.66. The van der Waals surface area contributed by atoms with Gasteiger partial charge in [0, 0.05) is 12.5 Å². The minimum atomic E-state index is -0.369. The van der Waals surface area contributed by atoms with Gasteiger partial charge in [0.15, 0.2) is 0 Å². The molecular weight excluding hydrogens is 212 g/mol. The van der Waals surface area contributed by atoms with Gasteiger partial charge >= 0.3 is 0 Å². The Bertz CT molecular complexity index is 325. The van der Waals surface area contributed by atoms with E-state index < -0.39 is 0 Å². The van der Waals surface area contributed by atoms with Crippen LogP contribution in [0.1, 0.15) is 43.4 Å². The van der Waals surface area contributed by atoms with Gasteiger partial charge in [-0.2, -0.15) is 0 Å². The highest BCUT2D eigenvalue weighted by molar-refractivity contribution is 5.24. The van der Waals surface area contributed by atoms with Crippen LogP contribution in [0, 0.1) is 5.92 Å². The highest BCUT2D eigenvalue weighted by Crippen LogP contribution is 2.28. The van der Waals surface area contributed by atoms with Gasteiger partial charge in [0.2, 0.25) is 0 Å². The summed E-state index contributed by atoms with van der Waals surface area (Å²) in [6.45, 7) is 3.72. The Morgan fingerprint density at radius 3 is 2.71 bits per heavy atom. The molecule has 1 fully saturated rings. The summed E-state index contributed by atoms with van der Waals surface area (Å²) in [5.74, 6) is 0.265. The van der Waals surface area contributed by atoms with E-state index in [1.807, 2.05) is 0 Å². The number of rotatable bonds is 4. The molecule has 94 valence electrons. The second-order valence-electron chi connectivity index (χ2n) is 4.91. The van der Waals surface area contributed by atoms with Gasteiger partial charge in [0.25, 0.3) is 0 Å². The summed E-state index contributed by atoms with van der Waals surface area (Å²) in [7, 11) is 0. The Morgan fingerprint density at radius 1 is 1.35 bits per heavy atom. The number of ether oxygens (including phenoxy) is 1. The molecule has 0 radical (unpaired) electrons. The Hall–Kier alpha value is -0.860. The quantitative estimate of drug-likeness (QED) is 0.867. The molecule has 1 aromatic rings. The summed E-state index contributed by atoms with van der Waals surface area (Å²) in [6.07, 6.45) is 4.04. The highest BCUT2D eigenvalue weighted by Gasteiger charge is 2.23. The predicted octanol–water partition coefficient (Wildman–Crippen LogP) is 3.10. The van der Waals surface area contributed by atoms with E-state index in [4.69, 9.17) is 4.74 Å². The van der Waals surface area contributed by atoms with Crippen molar-refractivity contribution in [2.24, 2.45) is 5.92 Å². The van der Waals surface area contributed by atoms with Crippen molar-refractivity contribution >= 4 is 0 Å². The van der Waals surface area contributed by atoms with Crippen molar-refractivity contribution in [1.82, 2.24) is 0 Å². The first-order valence-corrected chi connectivity index (χ1v) is 6.66. The number of aryl methyl sites for hydroxylation is 1. The molecule has 1 aromatic carbocycles. The average Bonchev–Trinajstić information content (AvgIpc) is 2.40. The Labute approximate surface area is 104 Å². The van der Waals surface area contributed by atoms with E-state index in [0.29, 0.717) is 6.61 Å². The minimum absolute atomic E-state index is 0.265. The normalized spacial score (nSPS) is 22.4. The Kier molecular flexibility index (Phi) is 4.57. The molecule has 1 aliphatic rings. The summed E-state index contributed by atoms with van der Waals surface area (Å²) in [4.78, 5) is 0. The molecule has 1 heterocycles. The molecule has 0 spiro atoms. The van der Waals surface area contributed by atoms with Crippen LogP contribution < -0.4 is 0 Å². The molecular formula is C15H22O2. The van der Waals surface area contributed by atoms with E-state index >= 15 is 0 Å². The molecule has 0 aliphatic carbocycles. The van der Waals surface area contributed by atoms with Crippen LogP contribution in [0.15, 0.2) is 24.3 Å². The molecule has 17 heavy (non-hydrogen) atoms. The second-order valence-corrected chi connectivity index (χ2v) is 4.91. The first-order chi connectivity index (χ1) is 8.31. The molecule has 2 heteroatoms. The van der Waals surface area contributed by atoms with Gasteiger partial charge in [-0.3, -0.25) is 0 Å². The van der Waals surface area contributed by atoms with Crippen LogP contribution in [-0.2, 0) is 11.2 Å². The van der Waals surface area contributed by atoms with Crippen molar-refractivity contribution < 1.29 is 9.84 Å². The molecule has 0 saturated carbocycles. The van der Waals surface area contributed by atoms with Gasteiger partial charge in [0.05, 0.1) is 12.7 Å². The molecule has 1 saturated heterocycles. The zero-order chi connectivity index (χ0) is 12.1. The fourth-order valence-electron chi connectivity index (χ4n) is 2.46. The third kappa shape index (κ3) is 3.30. The lowest BCUT2D eigenvalue weighted by molar-refractivity contribution is -0.00996. The van der Waals surface area contributed by atoms with Gasteiger partial charge in [0.1, 0.15) is 0 Å². The lowest BCUT2D eigenvalue weighted by Crippen LogP contribution is -2.23. The van der Waals surface area contributed by atoms with Crippen LogP contribution in [0.3, 0.4) is 0 Å². The first kappa shape index (κ1) is 12.6. The highest BCUT2D eigenvalue weighted by atomic mass is 16.5. The van der Waals surface area contributed by atoms with Crippen LogP contribution >= 0.6 is 0 Å². The number of hydrogen-bond acceptors (Lipinski definition) is 2. The van der Waals surface area contributed by atoms with E-state index in [1.165, 1.54) is 12.0 Å². The van der Waals surface area contributed by atoms with Crippen molar-refractivity contribution in [2.75, 3.05) is 13.2 Å². The molecule has 2 nitrogen and oxygen atoms in total. The fourth-order valence-corrected chi connectivity index (χ4v) is 2.46. The van der Waals surface area contributed by atoms with Gasteiger partial charge in [-0.25, -0.2) is 0 Å². The summed E-state index contributed by atoms with van der Waals surface area (Å²) < 4.78 is 5.43. The SMILES string of the molecule is CCCc1ccc(C(O)C2CCCOC2)cc1. The monoisotopic (exact) mass is 234 g/mol. The number of benzene rings is 1. The van der Waals surface area contributed by atoms with Crippen LogP contribution in [0.5, 0.6) is 0 Å². The second kappa shape index (κ2) is 6.18.